The van der Waals surface area contributed by atoms with Crippen molar-refractivity contribution in [3.63, 3.8) is 0 Å². The zero-order chi connectivity index (χ0) is 18.9. The van der Waals surface area contributed by atoms with Crippen LogP contribution in [0.3, 0.4) is 0 Å². The summed E-state index contributed by atoms with van der Waals surface area (Å²) in [6, 6.07) is 22.5. The SMILES string of the molecule is O=S(=O)(c1ccc(CCCl)cc1)N1c2ccccc2CCc2ccccc21. The minimum absolute atomic E-state index is 0.285. The lowest BCUT2D eigenvalue weighted by molar-refractivity contribution is 0.596. The minimum Gasteiger partial charge on any atom is -0.234 e. The van der Waals surface area contributed by atoms with Crippen molar-refractivity contribution in [3.8, 4) is 0 Å². The predicted octanol–water partition coefficient (Wildman–Crippen LogP) is 5.09. The molecular formula is C22H20ClNO2S. The lowest BCUT2D eigenvalue weighted by Gasteiger charge is -2.26. The summed E-state index contributed by atoms with van der Waals surface area (Å²) in [7, 11) is -3.74. The van der Waals surface area contributed by atoms with Crippen molar-refractivity contribution in [2.24, 2.45) is 0 Å². The summed E-state index contributed by atoms with van der Waals surface area (Å²) in [5, 5.41) is 0. The molecule has 138 valence electrons. The van der Waals surface area contributed by atoms with E-state index in [9.17, 15) is 8.42 Å². The number of nitrogens with zero attached hydrogens (tertiary/aromatic N) is 1. The second-order valence-corrected chi connectivity index (χ2v) is 8.77. The molecule has 4 rings (SSSR count). The molecule has 1 heterocycles. The number of hydrogen-bond donors (Lipinski definition) is 0. The van der Waals surface area contributed by atoms with Crippen LogP contribution in [-0.2, 0) is 29.3 Å². The fourth-order valence-corrected chi connectivity index (χ4v) is 5.32. The van der Waals surface area contributed by atoms with E-state index in [-0.39, 0.29) is 4.90 Å². The number of para-hydroxylation sites is 2. The molecule has 0 saturated heterocycles. The van der Waals surface area contributed by atoms with Gasteiger partial charge in [0.15, 0.2) is 0 Å². The van der Waals surface area contributed by atoms with Crippen LogP contribution in [0.15, 0.2) is 77.7 Å². The molecule has 0 amide bonds. The Morgan fingerprint density at radius 2 is 1.30 bits per heavy atom. The first kappa shape index (κ1) is 18.1. The van der Waals surface area contributed by atoms with Crippen LogP contribution in [0.1, 0.15) is 16.7 Å². The molecule has 0 spiro atoms. The fourth-order valence-electron chi connectivity index (χ4n) is 3.54. The topological polar surface area (TPSA) is 37.4 Å². The molecule has 1 aliphatic rings. The van der Waals surface area contributed by atoms with E-state index >= 15 is 0 Å². The van der Waals surface area contributed by atoms with Crippen molar-refractivity contribution >= 4 is 33.0 Å². The third kappa shape index (κ3) is 3.35. The Balaban J connectivity index is 1.89. The number of halogens is 1. The second kappa shape index (κ2) is 7.37. The Morgan fingerprint density at radius 1 is 0.778 bits per heavy atom. The maximum absolute atomic E-state index is 13.6. The van der Waals surface area contributed by atoms with Crippen molar-refractivity contribution < 1.29 is 8.42 Å². The molecule has 0 saturated carbocycles. The van der Waals surface area contributed by atoms with Crippen molar-refractivity contribution in [2.75, 3.05) is 10.2 Å². The third-order valence-corrected chi connectivity index (χ3v) is 6.86. The Morgan fingerprint density at radius 3 is 1.81 bits per heavy atom. The number of aryl methyl sites for hydroxylation is 3. The van der Waals surface area contributed by atoms with Crippen LogP contribution in [-0.4, -0.2) is 14.3 Å². The lowest BCUT2D eigenvalue weighted by atomic mass is 10.0. The first-order valence-corrected chi connectivity index (χ1v) is 10.9. The Hall–Kier alpha value is -2.30. The Kier molecular flexibility index (Phi) is 4.94. The first-order chi connectivity index (χ1) is 13.1. The van der Waals surface area contributed by atoms with E-state index in [0.29, 0.717) is 5.88 Å². The summed E-state index contributed by atoms with van der Waals surface area (Å²) >= 11 is 5.79. The Bertz CT molecular complexity index is 1010. The predicted molar refractivity (Wildman–Crippen MR) is 110 cm³/mol. The maximum atomic E-state index is 13.6. The monoisotopic (exact) mass is 397 g/mol. The zero-order valence-corrected chi connectivity index (χ0v) is 16.4. The van der Waals surface area contributed by atoms with Gasteiger partial charge in [0.1, 0.15) is 0 Å². The van der Waals surface area contributed by atoms with E-state index in [4.69, 9.17) is 11.6 Å². The number of rotatable bonds is 4. The Labute approximate surface area is 165 Å². The zero-order valence-electron chi connectivity index (χ0n) is 14.8. The number of fused-ring (bicyclic) bond motifs is 2. The van der Waals surface area contributed by atoms with Gasteiger partial charge in [-0.2, -0.15) is 0 Å². The smallest absolute Gasteiger partial charge is 0.234 e. The maximum Gasteiger partial charge on any atom is 0.268 e. The number of anilines is 2. The first-order valence-electron chi connectivity index (χ1n) is 8.97. The summed E-state index contributed by atoms with van der Waals surface area (Å²) in [5.41, 5.74) is 4.56. The average Bonchev–Trinajstić information content (AvgIpc) is 2.86. The molecule has 1 aliphatic heterocycles. The lowest BCUT2D eigenvalue weighted by Crippen LogP contribution is -2.27. The highest BCUT2D eigenvalue weighted by atomic mass is 35.5. The number of benzene rings is 3. The van der Waals surface area contributed by atoms with Gasteiger partial charge < -0.3 is 0 Å². The number of sulfonamides is 1. The molecule has 0 aromatic heterocycles. The summed E-state index contributed by atoms with van der Waals surface area (Å²) in [6.45, 7) is 0. The molecule has 0 aliphatic carbocycles. The van der Waals surface area contributed by atoms with E-state index in [1.165, 1.54) is 4.31 Å². The number of hydrogen-bond acceptors (Lipinski definition) is 2. The van der Waals surface area contributed by atoms with E-state index in [1.807, 2.05) is 60.7 Å². The highest BCUT2D eigenvalue weighted by Gasteiger charge is 2.31. The molecule has 5 heteroatoms. The summed E-state index contributed by atoms with van der Waals surface area (Å²) in [6.07, 6.45) is 2.35. The molecule has 3 aromatic rings. The van der Waals surface area contributed by atoms with Gasteiger partial charge >= 0.3 is 0 Å². The van der Waals surface area contributed by atoms with Crippen molar-refractivity contribution in [3.05, 3.63) is 89.5 Å². The molecule has 3 aromatic carbocycles. The highest BCUT2D eigenvalue weighted by molar-refractivity contribution is 7.93. The van der Waals surface area contributed by atoms with Gasteiger partial charge in [-0.3, -0.25) is 0 Å². The average molecular weight is 398 g/mol. The molecule has 0 atom stereocenters. The van der Waals surface area contributed by atoms with Gasteiger partial charge in [-0.15, -0.1) is 11.6 Å². The third-order valence-electron chi connectivity index (χ3n) is 4.93. The van der Waals surface area contributed by atoms with E-state index in [1.54, 1.807) is 12.1 Å². The molecule has 3 nitrogen and oxygen atoms in total. The van der Waals surface area contributed by atoms with Crippen LogP contribution >= 0.6 is 11.6 Å². The van der Waals surface area contributed by atoms with Crippen molar-refractivity contribution in [2.45, 2.75) is 24.2 Å². The van der Waals surface area contributed by atoms with Crippen molar-refractivity contribution in [1.82, 2.24) is 0 Å². The molecule has 0 radical (unpaired) electrons. The van der Waals surface area contributed by atoms with Gasteiger partial charge in [0.05, 0.1) is 16.3 Å². The largest absolute Gasteiger partial charge is 0.268 e. The molecule has 0 unspecified atom stereocenters. The van der Waals surface area contributed by atoms with Gasteiger partial charge in [0.25, 0.3) is 10.0 Å². The number of alkyl halides is 1. The van der Waals surface area contributed by atoms with Gasteiger partial charge in [0, 0.05) is 5.88 Å². The van der Waals surface area contributed by atoms with E-state index < -0.39 is 10.0 Å². The summed E-state index contributed by atoms with van der Waals surface area (Å²) in [4.78, 5) is 0.285. The molecule has 27 heavy (non-hydrogen) atoms. The summed E-state index contributed by atoms with van der Waals surface area (Å²) < 4.78 is 28.8. The summed E-state index contributed by atoms with van der Waals surface area (Å²) in [5.74, 6) is 0.513. The van der Waals surface area contributed by atoms with Crippen LogP contribution < -0.4 is 4.31 Å². The molecule has 0 fully saturated rings. The van der Waals surface area contributed by atoms with Crippen LogP contribution in [0, 0.1) is 0 Å². The minimum atomic E-state index is -3.74. The van der Waals surface area contributed by atoms with Crippen molar-refractivity contribution in [1.29, 1.82) is 0 Å². The fraction of sp³-hybridized carbons (Fsp3) is 0.182. The van der Waals surface area contributed by atoms with Gasteiger partial charge in [0.2, 0.25) is 0 Å². The van der Waals surface area contributed by atoms with Gasteiger partial charge in [-0.05, 0) is 60.2 Å². The van der Waals surface area contributed by atoms with E-state index in [0.717, 1.165) is 47.3 Å². The quantitative estimate of drug-likeness (QED) is 0.575. The van der Waals surface area contributed by atoms with E-state index in [2.05, 4.69) is 0 Å². The van der Waals surface area contributed by atoms with Crippen LogP contribution in [0.4, 0.5) is 11.4 Å². The highest BCUT2D eigenvalue weighted by Crippen LogP contribution is 2.39. The molecule has 0 N–H and O–H groups in total. The molecular weight excluding hydrogens is 378 g/mol. The van der Waals surface area contributed by atoms with Crippen LogP contribution in [0.5, 0.6) is 0 Å². The van der Waals surface area contributed by atoms with Gasteiger partial charge in [-0.1, -0.05) is 48.5 Å². The van der Waals surface area contributed by atoms with Crippen LogP contribution in [0.2, 0.25) is 0 Å². The standard InChI is InChI=1S/C22H20ClNO2S/c23-16-15-17-9-13-20(14-10-17)27(25,26)24-21-7-3-1-5-18(21)11-12-19-6-2-4-8-22(19)24/h1-10,13-14H,11-12,15-16H2. The molecule has 0 bridgehead atoms. The van der Waals surface area contributed by atoms with Crippen LogP contribution in [0.25, 0.3) is 0 Å². The van der Waals surface area contributed by atoms with Gasteiger partial charge in [-0.25, -0.2) is 12.7 Å². The normalized spacial score (nSPS) is 13.6. The second-order valence-electron chi connectivity index (χ2n) is 6.61.